The fourth-order valence-corrected chi connectivity index (χ4v) is 9.17. The summed E-state index contributed by atoms with van der Waals surface area (Å²) in [7, 11) is 0. The fraction of sp³-hybridized carbons (Fsp3) is 0.130. The molecule has 0 atom stereocenters. The van der Waals surface area contributed by atoms with Crippen molar-refractivity contribution in [2.75, 3.05) is 4.90 Å². The third kappa shape index (κ3) is 4.83. The molecule has 0 bridgehead atoms. The Hall–Kier alpha value is -5.38. The molecule has 0 radical (unpaired) electrons. The summed E-state index contributed by atoms with van der Waals surface area (Å²) in [5.41, 5.74) is 11.2. The van der Waals surface area contributed by atoms with Gasteiger partial charge < -0.3 is 9.32 Å². The number of aryl methyl sites for hydroxylation is 1. The third-order valence-electron chi connectivity index (χ3n) is 10.5. The lowest BCUT2D eigenvalue weighted by Gasteiger charge is -2.30. The van der Waals surface area contributed by atoms with E-state index < -0.39 is 0 Å². The third-order valence-corrected chi connectivity index (χ3v) is 11.7. The highest BCUT2D eigenvalue weighted by atomic mass is 32.1. The number of thiophene rings is 1. The topological polar surface area (TPSA) is 16.4 Å². The second kappa shape index (κ2) is 11.6. The van der Waals surface area contributed by atoms with Crippen LogP contribution >= 0.6 is 11.3 Å². The smallest absolute Gasteiger partial charge is 0.143 e. The van der Waals surface area contributed by atoms with Crippen molar-refractivity contribution in [1.82, 2.24) is 0 Å². The van der Waals surface area contributed by atoms with Gasteiger partial charge in [-0.3, -0.25) is 0 Å². The molecule has 2 aromatic heterocycles. The van der Waals surface area contributed by atoms with Crippen molar-refractivity contribution in [3.63, 3.8) is 0 Å². The van der Waals surface area contributed by atoms with Crippen LogP contribution in [-0.4, -0.2) is 0 Å². The molecular weight excluding hydrogens is 615 g/mol. The summed E-state index contributed by atoms with van der Waals surface area (Å²) >= 11 is 1.87. The molecular formula is C46H35NOS. The molecule has 236 valence electrons. The van der Waals surface area contributed by atoms with Crippen LogP contribution in [-0.2, 0) is 6.42 Å². The van der Waals surface area contributed by atoms with E-state index in [0.717, 1.165) is 55.4 Å². The van der Waals surface area contributed by atoms with Crippen LogP contribution in [0.3, 0.4) is 0 Å². The second-order valence-corrected chi connectivity index (χ2v) is 14.5. The molecule has 10 rings (SSSR count). The van der Waals surface area contributed by atoms with E-state index in [-0.39, 0.29) is 0 Å². The first-order chi connectivity index (χ1) is 24.3. The molecule has 5 aromatic carbocycles. The molecule has 0 fully saturated rings. The summed E-state index contributed by atoms with van der Waals surface area (Å²) in [6.45, 7) is 0. The molecule has 0 spiro atoms. The molecule has 7 aromatic rings. The molecule has 0 N–H and O–H groups in total. The van der Waals surface area contributed by atoms with E-state index in [1.54, 1.807) is 0 Å². The van der Waals surface area contributed by atoms with Gasteiger partial charge in [-0.25, -0.2) is 0 Å². The number of anilines is 2. The van der Waals surface area contributed by atoms with Crippen molar-refractivity contribution >= 4 is 70.7 Å². The van der Waals surface area contributed by atoms with Gasteiger partial charge in [0.05, 0.1) is 0 Å². The Morgan fingerprint density at radius 2 is 1.41 bits per heavy atom. The number of hydrogen-bond acceptors (Lipinski definition) is 3. The molecule has 2 heterocycles. The Morgan fingerprint density at radius 1 is 0.612 bits per heavy atom. The Kier molecular flexibility index (Phi) is 6.80. The van der Waals surface area contributed by atoms with Crippen LogP contribution in [0.5, 0.6) is 0 Å². The van der Waals surface area contributed by atoms with E-state index in [4.69, 9.17) is 4.42 Å². The summed E-state index contributed by atoms with van der Waals surface area (Å²) < 4.78 is 9.33. The number of fused-ring (bicyclic) bond motifs is 8. The fourth-order valence-electron chi connectivity index (χ4n) is 8.09. The van der Waals surface area contributed by atoms with Gasteiger partial charge in [-0.15, -0.1) is 11.3 Å². The average Bonchev–Trinajstić information content (AvgIpc) is 3.75. The van der Waals surface area contributed by atoms with Crippen LogP contribution in [0, 0.1) is 0 Å². The normalized spacial score (nSPS) is 15.9. The van der Waals surface area contributed by atoms with Crippen LogP contribution in [0.15, 0.2) is 155 Å². The van der Waals surface area contributed by atoms with Gasteiger partial charge in [0.15, 0.2) is 0 Å². The van der Waals surface area contributed by atoms with Crippen molar-refractivity contribution in [2.45, 2.75) is 38.5 Å². The maximum atomic E-state index is 6.67. The molecule has 3 aliphatic carbocycles. The van der Waals surface area contributed by atoms with Crippen LogP contribution in [0.4, 0.5) is 11.4 Å². The molecule has 0 amide bonds. The van der Waals surface area contributed by atoms with Crippen molar-refractivity contribution < 1.29 is 4.42 Å². The Labute approximate surface area is 290 Å². The van der Waals surface area contributed by atoms with Gasteiger partial charge >= 0.3 is 0 Å². The summed E-state index contributed by atoms with van der Waals surface area (Å²) in [6.07, 6.45) is 22.3. The van der Waals surface area contributed by atoms with Crippen molar-refractivity contribution in [3.05, 3.63) is 162 Å². The molecule has 0 saturated carbocycles. The number of hydrogen-bond donors (Lipinski definition) is 0. The van der Waals surface area contributed by atoms with Crippen molar-refractivity contribution in [3.8, 4) is 11.1 Å². The van der Waals surface area contributed by atoms with Gasteiger partial charge in [-0.2, -0.15) is 0 Å². The van der Waals surface area contributed by atoms with E-state index in [2.05, 4.69) is 144 Å². The average molecular weight is 650 g/mol. The van der Waals surface area contributed by atoms with Gasteiger partial charge in [0, 0.05) is 60.2 Å². The molecule has 49 heavy (non-hydrogen) atoms. The number of allylic oxidation sites excluding steroid dienone is 9. The van der Waals surface area contributed by atoms with E-state index in [0.29, 0.717) is 0 Å². The lowest BCUT2D eigenvalue weighted by molar-refractivity contribution is 0.547. The van der Waals surface area contributed by atoms with E-state index in [9.17, 15) is 0 Å². The minimum atomic E-state index is 0.950. The monoisotopic (exact) mass is 649 g/mol. The molecule has 3 aliphatic rings. The van der Waals surface area contributed by atoms with E-state index >= 15 is 0 Å². The molecule has 0 saturated heterocycles. The highest BCUT2D eigenvalue weighted by Gasteiger charge is 2.23. The predicted octanol–water partition coefficient (Wildman–Crippen LogP) is 13.6. The van der Waals surface area contributed by atoms with E-state index in [1.165, 1.54) is 75.7 Å². The lowest BCUT2D eigenvalue weighted by atomic mass is 9.90. The quantitative estimate of drug-likeness (QED) is 0.184. The maximum Gasteiger partial charge on any atom is 0.143 e. The minimum Gasteiger partial charge on any atom is -0.460 e. The number of benzene rings is 5. The minimum absolute atomic E-state index is 0.950. The lowest BCUT2D eigenvalue weighted by Crippen LogP contribution is -2.18. The zero-order valence-corrected chi connectivity index (χ0v) is 28.1. The number of furan rings is 1. The number of rotatable bonds is 5. The largest absolute Gasteiger partial charge is 0.460 e. The van der Waals surface area contributed by atoms with Gasteiger partial charge in [0.25, 0.3) is 0 Å². The standard InChI is InChI=1S/C46H35NOS/c1-2-10-30(11-3-1)31-18-22-34(23-19-31)47(36-26-27-44-41(29-36)38-14-7-9-17-43(38)49-44)35-24-20-32(21-25-35)40-28-33-12-4-5-13-37(33)45-39-15-6-8-16-42(39)48-46(40)45/h1-2,4-7,9-10,12-15,17-18,20-22,24-29H,3,8,11,16,19,23H2. The van der Waals surface area contributed by atoms with Gasteiger partial charge in [-0.05, 0) is 108 Å². The van der Waals surface area contributed by atoms with Crippen LogP contribution in [0.1, 0.15) is 43.4 Å². The SMILES string of the molecule is C1=CCCC(C2=CC=C(N(c3ccc(-c4cc5ccccc5c5c6c(oc45)CCC=C6)cc3)c3ccc4sc5ccccc5c4c3)CC2)=C1. The number of nitrogens with zero attached hydrogens (tertiary/aromatic N) is 1. The summed E-state index contributed by atoms with van der Waals surface area (Å²) in [6, 6.07) is 36.0. The summed E-state index contributed by atoms with van der Waals surface area (Å²) in [5.74, 6) is 1.10. The predicted molar refractivity (Wildman–Crippen MR) is 210 cm³/mol. The summed E-state index contributed by atoms with van der Waals surface area (Å²) in [5, 5.41) is 6.38. The zero-order valence-electron chi connectivity index (χ0n) is 27.3. The van der Waals surface area contributed by atoms with Gasteiger partial charge in [0.1, 0.15) is 11.3 Å². The Balaban J connectivity index is 1.11. The first kappa shape index (κ1) is 28.6. The molecule has 3 heteroatoms. The molecule has 0 aliphatic heterocycles. The molecule has 2 nitrogen and oxygen atoms in total. The maximum absolute atomic E-state index is 6.67. The van der Waals surface area contributed by atoms with Crippen molar-refractivity contribution in [1.29, 1.82) is 0 Å². The first-order valence-corrected chi connectivity index (χ1v) is 18.3. The Morgan fingerprint density at radius 3 is 2.27 bits per heavy atom. The van der Waals surface area contributed by atoms with Crippen LogP contribution in [0.2, 0.25) is 0 Å². The highest BCUT2D eigenvalue weighted by molar-refractivity contribution is 7.25. The van der Waals surface area contributed by atoms with Crippen LogP contribution < -0.4 is 4.90 Å². The van der Waals surface area contributed by atoms with Crippen molar-refractivity contribution in [2.24, 2.45) is 0 Å². The summed E-state index contributed by atoms with van der Waals surface area (Å²) in [4.78, 5) is 2.48. The zero-order chi connectivity index (χ0) is 32.3. The molecule has 0 unspecified atom stereocenters. The van der Waals surface area contributed by atoms with E-state index in [1.807, 2.05) is 11.3 Å². The van der Waals surface area contributed by atoms with Crippen LogP contribution in [0.25, 0.3) is 59.1 Å². The van der Waals surface area contributed by atoms with Gasteiger partial charge in [0.2, 0.25) is 0 Å². The highest BCUT2D eigenvalue weighted by Crippen LogP contribution is 2.44. The second-order valence-electron chi connectivity index (χ2n) is 13.4. The Bertz CT molecular complexity index is 2600. The van der Waals surface area contributed by atoms with Gasteiger partial charge in [-0.1, -0.05) is 91.1 Å². The first-order valence-electron chi connectivity index (χ1n) is 17.5.